The zero-order valence-corrected chi connectivity index (χ0v) is 12.9. The van der Waals surface area contributed by atoms with Crippen LogP contribution in [0.15, 0.2) is 23.1 Å². The quantitative estimate of drug-likeness (QED) is 0.849. The van der Waals surface area contributed by atoms with Crippen LogP contribution in [0.2, 0.25) is 0 Å². The van der Waals surface area contributed by atoms with Gasteiger partial charge in [0.2, 0.25) is 0 Å². The van der Waals surface area contributed by atoms with E-state index in [-0.39, 0.29) is 5.75 Å². The van der Waals surface area contributed by atoms with E-state index in [0.717, 1.165) is 21.5 Å². The minimum Gasteiger partial charge on any atom is -0.508 e. The van der Waals surface area contributed by atoms with Crippen LogP contribution < -0.4 is 0 Å². The minimum atomic E-state index is -0.825. The fraction of sp³-hybridized carbons (Fsp3) is 0.400. The maximum absolute atomic E-state index is 11.3. The lowest BCUT2D eigenvalue weighted by Crippen LogP contribution is -2.27. The molecule has 4 nitrogen and oxygen atoms in total. The van der Waals surface area contributed by atoms with Crippen LogP contribution in [0.25, 0.3) is 10.9 Å². The molecule has 0 radical (unpaired) electrons. The Kier molecular flexibility index (Phi) is 3.73. The summed E-state index contributed by atoms with van der Waals surface area (Å²) in [6.07, 6.45) is 2.43. The second-order valence-electron chi connectivity index (χ2n) is 5.61. The van der Waals surface area contributed by atoms with Gasteiger partial charge in [0.25, 0.3) is 0 Å². The first-order valence-electron chi connectivity index (χ1n) is 6.35. The molecule has 1 heterocycles. The highest BCUT2D eigenvalue weighted by atomic mass is 32.2. The van der Waals surface area contributed by atoms with Crippen molar-refractivity contribution in [1.82, 2.24) is 4.57 Å². The summed E-state index contributed by atoms with van der Waals surface area (Å²) in [4.78, 5) is 12.4. The third-order valence-corrected chi connectivity index (χ3v) is 4.51. The van der Waals surface area contributed by atoms with Crippen LogP contribution in [0.3, 0.4) is 0 Å². The number of hydrogen-bond acceptors (Lipinski definition) is 3. The van der Waals surface area contributed by atoms with Crippen molar-refractivity contribution in [2.45, 2.75) is 25.2 Å². The number of rotatable bonds is 4. The maximum Gasteiger partial charge on any atom is 0.309 e. The Labute approximate surface area is 122 Å². The van der Waals surface area contributed by atoms with Crippen molar-refractivity contribution in [3.05, 3.63) is 23.9 Å². The smallest absolute Gasteiger partial charge is 0.309 e. The first-order valence-corrected chi connectivity index (χ1v) is 7.58. The van der Waals surface area contributed by atoms with E-state index in [1.165, 1.54) is 0 Å². The molecular weight excluding hydrogens is 274 g/mol. The number of phenols is 1. The van der Waals surface area contributed by atoms with Crippen LogP contribution in [-0.4, -0.2) is 27.0 Å². The standard InChI is InChI=1S/C15H19NO3S/c1-15(2,14(18)19)8-12-13(20-4)10-6-5-9(17)7-11(10)16(12)3/h5-7,17H,8H2,1-4H3,(H,18,19). The second kappa shape index (κ2) is 5.05. The van der Waals surface area contributed by atoms with Crippen molar-refractivity contribution in [2.24, 2.45) is 12.5 Å². The number of benzene rings is 1. The van der Waals surface area contributed by atoms with Crippen LogP contribution in [0.1, 0.15) is 19.5 Å². The Balaban J connectivity index is 2.64. The molecule has 1 aromatic carbocycles. The van der Waals surface area contributed by atoms with Gasteiger partial charge in [-0.25, -0.2) is 0 Å². The number of aromatic hydroxyl groups is 1. The molecule has 20 heavy (non-hydrogen) atoms. The molecule has 1 aromatic heterocycles. The van der Waals surface area contributed by atoms with Crippen molar-refractivity contribution in [3.8, 4) is 5.75 Å². The summed E-state index contributed by atoms with van der Waals surface area (Å²) < 4.78 is 1.98. The number of aromatic nitrogens is 1. The van der Waals surface area contributed by atoms with Crippen molar-refractivity contribution in [3.63, 3.8) is 0 Å². The molecule has 5 heteroatoms. The molecule has 108 valence electrons. The SMILES string of the molecule is CSc1c(CC(C)(C)C(=O)O)n(C)c2cc(O)ccc12. The van der Waals surface area contributed by atoms with Crippen LogP contribution in [-0.2, 0) is 18.3 Å². The molecule has 0 amide bonds. The van der Waals surface area contributed by atoms with E-state index < -0.39 is 11.4 Å². The van der Waals surface area contributed by atoms with Gasteiger partial charge in [0.15, 0.2) is 0 Å². The number of nitrogens with zero attached hydrogens (tertiary/aromatic N) is 1. The number of aliphatic carboxylic acids is 1. The Morgan fingerprint density at radius 1 is 1.40 bits per heavy atom. The topological polar surface area (TPSA) is 62.5 Å². The lowest BCUT2D eigenvalue weighted by molar-refractivity contribution is -0.146. The molecule has 0 aliphatic rings. The first-order chi connectivity index (χ1) is 9.27. The Bertz CT molecular complexity index is 673. The van der Waals surface area contributed by atoms with Gasteiger partial charge < -0.3 is 14.8 Å². The van der Waals surface area contributed by atoms with Gasteiger partial charge in [-0.3, -0.25) is 4.79 Å². The van der Waals surface area contributed by atoms with Gasteiger partial charge in [0, 0.05) is 35.5 Å². The summed E-state index contributed by atoms with van der Waals surface area (Å²) in [7, 11) is 1.91. The van der Waals surface area contributed by atoms with Crippen molar-refractivity contribution in [2.75, 3.05) is 6.26 Å². The molecule has 2 rings (SSSR count). The molecule has 0 atom stereocenters. The molecule has 0 aliphatic carbocycles. The van der Waals surface area contributed by atoms with Crippen LogP contribution >= 0.6 is 11.8 Å². The summed E-state index contributed by atoms with van der Waals surface area (Å²) in [6.45, 7) is 3.46. The number of aryl methyl sites for hydroxylation is 1. The maximum atomic E-state index is 11.3. The van der Waals surface area contributed by atoms with E-state index in [4.69, 9.17) is 0 Å². The van der Waals surface area contributed by atoms with Gasteiger partial charge in [-0.2, -0.15) is 0 Å². The number of carboxylic acid groups (broad SMARTS) is 1. The van der Waals surface area contributed by atoms with Gasteiger partial charge >= 0.3 is 5.97 Å². The molecule has 0 unspecified atom stereocenters. The predicted octanol–water partition coefficient (Wildman–Crippen LogP) is 3.26. The lowest BCUT2D eigenvalue weighted by atomic mass is 9.88. The van der Waals surface area contributed by atoms with Crippen molar-refractivity contribution >= 4 is 28.6 Å². The van der Waals surface area contributed by atoms with Crippen molar-refractivity contribution < 1.29 is 15.0 Å². The van der Waals surface area contributed by atoms with Crippen LogP contribution in [0.5, 0.6) is 5.75 Å². The Hall–Kier alpha value is -1.62. The summed E-state index contributed by atoms with van der Waals surface area (Å²) >= 11 is 1.61. The molecule has 0 bridgehead atoms. The van der Waals surface area contributed by atoms with Gasteiger partial charge in [-0.15, -0.1) is 11.8 Å². The molecule has 2 N–H and O–H groups in total. The normalized spacial score (nSPS) is 12.0. The minimum absolute atomic E-state index is 0.217. The fourth-order valence-corrected chi connectivity index (χ4v) is 3.20. The number of hydrogen-bond donors (Lipinski definition) is 2. The highest BCUT2D eigenvalue weighted by Crippen LogP contribution is 2.37. The predicted molar refractivity (Wildman–Crippen MR) is 81.5 cm³/mol. The molecule has 0 fully saturated rings. The third-order valence-electron chi connectivity index (χ3n) is 3.65. The van der Waals surface area contributed by atoms with E-state index in [1.807, 2.05) is 23.9 Å². The second-order valence-corrected chi connectivity index (χ2v) is 6.42. The third kappa shape index (κ3) is 2.38. The van der Waals surface area contributed by atoms with Crippen LogP contribution in [0.4, 0.5) is 0 Å². The summed E-state index contributed by atoms with van der Waals surface area (Å²) in [5.74, 6) is -0.590. The zero-order chi connectivity index (χ0) is 15.1. The average molecular weight is 293 g/mol. The summed E-state index contributed by atoms with van der Waals surface area (Å²) in [6, 6.07) is 5.26. The van der Waals surface area contributed by atoms with Gasteiger partial charge in [-0.1, -0.05) is 0 Å². The molecular formula is C15H19NO3S. The highest BCUT2D eigenvalue weighted by molar-refractivity contribution is 7.98. The van der Waals surface area contributed by atoms with Gasteiger partial charge in [0.1, 0.15) is 5.75 Å². The van der Waals surface area contributed by atoms with E-state index in [1.54, 1.807) is 37.7 Å². The summed E-state index contributed by atoms with van der Waals surface area (Å²) in [5, 5.41) is 20.0. The van der Waals surface area contributed by atoms with E-state index in [9.17, 15) is 15.0 Å². The van der Waals surface area contributed by atoms with E-state index in [2.05, 4.69) is 0 Å². The molecule has 2 aromatic rings. The highest BCUT2D eigenvalue weighted by Gasteiger charge is 2.30. The lowest BCUT2D eigenvalue weighted by Gasteiger charge is -2.20. The monoisotopic (exact) mass is 293 g/mol. The number of carbonyl (C=O) groups is 1. The zero-order valence-electron chi connectivity index (χ0n) is 12.1. The Morgan fingerprint density at radius 2 is 2.05 bits per heavy atom. The average Bonchev–Trinajstić information content (AvgIpc) is 2.62. The molecule has 0 aliphatic heterocycles. The molecule has 0 spiro atoms. The van der Waals surface area contributed by atoms with Crippen molar-refractivity contribution in [1.29, 1.82) is 0 Å². The molecule has 0 saturated heterocycles. The van der Waals surface area contributed by atoms with Crippen LogP contribution in [0, 0.1) is 5.41 Å². The fourth-order valence-electron chi connectivity index (χ4n) is 2.36. The first kappa shape index (κ1) is 14.8. The molecule has 0 saturated carbocycles. The van der Waals surface area contributed by atoms with E-state index >= 15 is 0 Å². The number of phenolic OH excluding ortho intramolecular Hbond substituents is 1. The van der Waals surface area contributed by atoms with Gasteiger partial charge in [-0.05, 0) is 32.2 Å². The van der Waals surface area contributed by atoms with E-state index in [0.29, 0.717) is 6.42 Å². The number of thioether (sulfide) groups is 1. The van der Waals surface area contributed by atoms with Gasteiger partial charge in [0.05, 0.1) is 10.9 Å². The Morgan fingerprint density at radius 3 is 2.60 bits per heavy atom. The largest absolute Gasteiger partial charge is 0.508 e. The summed E-state index contributed by atoms with van der Waals surface area (Å²) in [5.41, 5.74) is 1.09. The number of carboxylic acids is 1. The number of fused-ring (bicyclic) bond motifs is 1.